The second-order valence-corrected chi connectivity index (χ2v) is 4.53. The third kappa shape index (κ3) is 4.28. The number of nitrogens with zero attached hydrogens (tertiary/aromatic N) is 2. The van der Waals surface area contributed by atoms with Gasteiger partial charge in [0, 0.05) is 18.7 Å². The van der Waals surface area contributed by atoms with E-state index in [-0.39, 0.29) is 5.69 Å². The first kappa shape index (κ1) is 15.0. The van der Waals surface area contributed by atoms with E-state index in [1.807, 2.05) is 13.8 Å². The monoisotopic (exact) mass is 291 g/mol. The van der Waals surface area contributed by atoms with E-state index in [0.29, 0.717) is 31.3 Å². The molecule has 0 aliphatic rings. The van der Waals surface area contributed by atoms with E-state index in [9.17, 15) is 10.1 Å². The van der Waals surface area contributed by atoms with Gasteiger partial charge in [-0.15, -0.1) is 0 Å². The Morgan fingerprint density at radius 1 is 1.33 bits per heavy atom. The van der Waals surface area contributed by atoms with E-state index in [1.54, 1.807) is 12.1 Å². The molecule has 0 amide bonds. The molecule has 1 aromatic carbocycles. The molecule has 1 N–H and O–H groups in total. The van der Waals surface area contributed by atoms with Crippen LogP contribution < -0.4 is 10.1 Å². The van der Waals surface area contributed by atoms with Crippen molar-refractivity contribution >= 4 is 5.69 Å². The minimum absolute atomic E-state index is 0.0510. The smallest absolute Gasteiger partial charge is 0.269 e. The largest absolute Gasteiger partial charge is 0.492 e. The first-order valence-corrected chi connectivity index (χ1v) is 6.57. The molecule has 1 heterocycles. The van der Waals surface area contributed by atoms with Crippen molar-refractivity contribution in [2.75, 3.05) is 13.2 Å². The summed E-state index contributed by atoms with van der Waals surface area (Å²) in [5, 5.41) is 13.7. The van der Waals surface area contributed by atoms with E-state index < -0.39 is 4.92 Å². The third-order valence-corrected chi connectivity index (χ3v) is 2.94. The topological polar surface area (TPSA) is 90.4 Å². The summed E-state index contributed by atoms with van der Waals surface area (Å²) in [6, 6.07) is 6.00. The lowest BCUT2D eigenvalue weighted by Crippen LogP contribution is -2.20. The molecule has 0 atom stereocenters. The van der Waals surface area contributed by atoms with Crippen molar-refractivity contribution in [1.82, 2.24) is 10.3 Å². The maximum absolute atomic E-state index is 10.5. The van der Waals surface area contributed by atoms with Crippen molar-refractivity contribution in [1.29, 1.82) is 0 Å². The summed E-state index contributed by atoms with van der Waals surface area (Å²) >= 11 is 0. The Bertz CT molecular complexity index is 588. The zero-order valence-corrected chi connectivity index (χ0v) is 12.0. The summed E-state index contributed by atoms with van der Waals surface area (Å²) in [5.41, 5.74) is 0.948. The lowest BCUT2D eigenvalue weighted by molar-refractivity contribution is -0.384. The van der Waals surface area contributed by atoms with Gasteiger partial charge in [0.1, 0.15) is 18.1 Å². The molecule has 0 bridgehead atoms. The van der Waals surface area contributed by atoms with Gasteiger partial charge in [0.25, 0.3) is 5.69 Å². The Balaban J connectivity index is 1.68. The number of non-ortho nitro benzene ring substituents is 1. The zero-order chi connectivity index (χ0) is 15.2. The lowest BCUT2D eigenvalue weighted by Gasteiger charge is -2.06. The Morgan fingerprint density at radius 3 is 2.62 bits per heavy atom. The summed E-state index contributed by atoms with van der Waals surface area (Å²) in [5.74, 6) is 2.08. The van der Waals surface area contributed by atoms with Crippen LogP contribution in [0.5, 0.6) is 5.75 Å². The van der Waals surface area contributed by atoms with Gasteiger partial charge in [0.2, 0.25) is 5.89 Å². The number of nitro groups is 1. The van der Waals surface area contributed by atoms with Crippen LogP contribution in [0.25, 0.3) is 0 Å². The average molecular weight is 291 g/mol. The molecule has 7 heteroatoms. The quantitative estimate of drug-likeness (QED) is 0.478. The standard InChI is InChI=1S/C14H17N3O4/c1-10-11(2)21-14(16-10)9-15-7-8-20-13-5-3-12(4-6-13)17(18)19/h3-6,15H,7-9H2,1-2H3. The summed E-state index contributed by atoms with van der Waals surface area (Å²) in [6.45, 7) is 5.40. The van der Waals surface area contributed by atoms with Crippen molar-refractivity contribution < 1.29 is 14.1 Å². The number of aryl methyl sites for hydroxylation is 2. The van der Waals surface area contributed by atoms with Crippen molar-refractivity contribution in [3.8, 4) is 5.75 Å². The van der Waals surface area contributed by atoms with Gasteiger partial charge in [0.05, 0.1) is 17.2 Å². The highest BCUT2D eigenvalue weighted by atomic mass is 16.6. The normalized spacial score (nSPS) is 10.6. The summed E-state index contributed by atoms with van der Waals surface area (Å²) in [6.07, 6.45) is 0. The molecule has 0 aliphatic carbocycles. The first-order chi connectivity index (χ1) is 10.1. The zero-order valence-electron chi connectivity index (χ0n) is 12.0. The molecule has 2 aromatic rings. The molecule has 2 rings (SSSR count). The number of nitro benzene ring substituents is 1. The molecule has 7 nitrogen and oxygen atoms in total. The van der Waals surface area contributed by atoms with Crippen LogP contribution in [0, 0.1) is 24.0 Å². The van der Waals surface area contributed by atoms with Crippen LogP contribution in [0.1, 0.15) is 17.3 Å². The highest BCUT2D eigenvalue weighted by Crippen LogP contribution is 2.16. The van der Waals surface area contributed by atoms with Crippen molar-refractivity contribution in [2.24, 2.45) is 0 Å². The van der Waals surface area contributed by atoms with E-state index in [4.69, 9.17) is 9.15 Å². The van der Waals surface area contributed by atoms with E-state index in [2.05, 4.69) is 10.3 Å². The van der Waals surface area contributed by atoms with E-state index in [0.717, 1.165) is 11.5 Å². The fraction of sp³-hybridized carbons (Fsp3) is 0.357. The molecule has 21 heavy (non-hydrogen) atoms. The molecule has 0 unspecified atom stereocenters. The average Bonchev–Trinajstić information content (AvgIpc) is 2.78. The highest BCUT2D eigenvalue weighted by Gasteiger charge is 2.05. The van der Waals surface area contributed by atoms with Gasteiger partial charge in [-0.2, -0.15) is 0 Å². The number of hydrogen-bond acceptors (Lipinski definition) is 6. The second kappa shape index (κ2) is 6.85. The van der Waals surface area contributed by atoms with Crippen LogP contribution in [0.3, 0.4) is 0 Å². The van der Waals surface area contributed by atoms with Crippen molar-refractivity contribution in [3.63, 3.8) is 0 Å². The summed E-state index contributed by atoms with van der Waals surface area (Å²) < 4.78 is 10.9. The number of oxazole rings is 1. The highest BCUT2D eigenvalue weighted by molar-refractivity contribution is 5.35. The van der Waals surface area contributed by atoms with Crippen LogP contribution >= 0.6 is 0 Å². The molecule has 0 aliphatic heterocycles. The lowest BCUT2D eigenvalue weighted by atomic mass is 10.3. The maximum atomic E-state index is 10.5. The SMILES string of the molecule is Cc1nc(CNCCOc2ccc([N+](=O)[O-])cc2)oc1C. The number of ether oxygens (including phenoxy) is 1. The van der Waals surface area contributed by atoms with Crippen LogP contribution in [0.4, 0.5) is 5.69 Å². The molecular weight excluding hydrogens is 274 g/mol. The van der Waals surface area contributed by atoms with Gasteiger partial charge < -0.3 is 14.5 Å². The number of benzene rings is 1. The summed E-state index contributed by atoms with van der Waals surface area (Å²) in [7, 11) is 0. The molecule has 0 radical (unpaired) electrons. The molecule has 0 saturated carbocycles. The van der Waals surface area contributed by atoms with Gasteiger partial charge in [-0.3, -0.25) is 10.1 Å². The molecule has 0 spiro atoms. The van der Waals surface area contributed by atoms with Crippen molar-refractivity contribution in [3.05, 3.63) is 51.7 Å². The van der Waals surface area contributed by atoms with Crippen LogP contribution in [0.15, 0.2) is 28.7 Å². The van der Waals surface area contributed by atoms with Crippen LogP contribution in [0.2, 0.25) is 0 Å². The van der Waals surface area contributed by atoms with Gasteiger partial charge in [-0.05, 0) is 26.0 Å². The molecule has 1 aromatic heterocycles. The van der Waals surface area contributed by atoms with E-state index in [1.165, 1.54) is 12.1 Å². The second-order valence-electron chi connectivity index (χ2n) is 4.53. The van der Waals surface area contributed by atoms with Gasteiger partial charge in [0.15, 0.2) is 0 Å². The minimum Gasteiger partial charge on any atom is -0.492 e. The Kier molecular flexibility index (Phi) is 4.89. The van der Waals surface area contributed by atoms with Gasteiger partial charge in [-0.25, -0.2) is 4.98 Å². The Morgan fingerprint density at radius 2 is 2.05 bits per heavy atom. The Hall–Kier alpha value is -2.41. The summed E-state index contributed by atoms with van der Waals surface area (Å²) in [4.78, 5) is 14.3. The van der Waals surface area contributed by atoms with E-state index >= 15 is 0 Å². The fourth-order valence-electron chi connectivity index (χ4n) is 1.72. The molecular formula is C14H17N3O4. The molecule has 112 valence electrons. The number of hydrogen-bond donors (Lipinski definition) is 1. The fourth-order valence-corrected chi connectivity index (χ4v) is 1.72. The predicted molar refractivity (Wildman–Crippen MR) is 76.3 cm³/mol. The maximum Gasteiger partial charge on any atom is 0.269 e. The molecule has 0 saturated heterocycles. The molecule has 0 fully saturated rings. The third-order valence-electron chi connectivity index (χ3n) is 2.94. The first-order valence-electron chi connectivity index (χ1n) is 6.57. The van der Waals surface area contributed by atoms with Gasteiger partial charge >= 0.3 is 0 Å². The van der Waals surface area contributed by atoms with Gasteiger partial charge in [-0.1, -0.05) is 0 Å². The number of aromatic nitrogens is 1. The predicted octanol–water partition coefficient (Wildman–Crippen LogP) is 2.37. The Labute approximate surface area is 122 Å². The number of rotatable bonds is 7. The minimum atomic E-state index is -0.439. The number of nitrogens with one attached hydrogen (secondary N) is 1. The van der Waals surface area contributed by atoms with Crippen LogP contribution in [-0.4, -0.2) is 23.1 Å². The van der Waals surface area contributed by atoms with Crippen LogP contribution in [-0.2, 0) is 6.54 Å². The van der Waals surface area contributed by atoms with Crippen molar-refractivity contribution in [2.45, 2.75) is 20.4 Å².